The number of benzene rings is 1. The molecule has 2 rings (SSSR count). The van der Waals surface area contributed by atoms with Gasteiger partial charge in [0.05, 0.1) is 10.6 Å². The standard InChI is InChI=1S/C12H15N3O3/c1-18-13-10-6-8-14(9-7-10)11-2-4-12(5-3-11)15(16)17/h2-5H,6-9H2,1H3. The highest BCUT2D eigenvalue weighted by Gasteiger charge is 2.16. The minimum absolute atomic E-state index is 0.123. The Morgan fingerprint density at radius 1 is 1.28 bits per heavy atom. The fourth-order valence-corrected chi connectivity index (χ4v) is 2.03. The Labute approximate surface area is 105 Å². The molecule has 0 aromatic heterocycles. The smallest absolute Gasteiger partial charge is 0.269 e. The van der Waals surface area contributed by atoms with Crippen molar-refractivity contribution < 1.29 is 9.76 Å². The summed E-state index contributed by atoms with van der Waals surface area (Å²) >= 11 is 0. The first-order valence-electron chi connectivity index (χ1n) is 5.79. The van der Waals surface area contributed by atoms with Crippen LogP contribution in [0.5, 0.6) is 0 Å². The van der Waals surface area contributed by atoms with Crippen LogP contribution in [-0.2, 0) is 4.84 Å². The molecule has 1 heterocycles. The first kappa shape index (κ1) is 12.3. The van der Waals surface area contributed by atoms with Crippen molar-refractivity contribution in [2.45, 2.75) is 12.8 Å². The summed E-state index contributed by atoms with van der Waals surface area (Å²) in [5, 5.41) is 14.5. The van der Waals surface area contributed by atoms with Gasteiger partial charge in [0.1, 0.15) is 7.11 Å². The lowest BCUT2D eigenvalue weighted by Gasteiger charge is -2.29. The topological polar surface area (TPSA) is 68.0 Å². The van der Waals surface area contributed by atoms with Gasteiger partial charge in [-0.25, -0.2) is 0 Å². The van der Waals surface area contributed by atoms with Crippen LogP contribution in [0.4, 0.5) is 11.4 Å². The zero-order valence-corrected chi connectivity index (χ0v) is 10.2. The van der Waals surface area contributed by atoms with Crippen molar-refractivity contribution in [1.82, 2.24) is 0 Å². The lowest BCUT2D eigenvalue weighted by molar-refractivity contribution is -0.384. The summed E-state index contributed by atoms with van der Waals surface area (Å²) in [5.41, 5.74) is 2.20. The van der Waals surface area contributed by atoms with Crippen molar-refractivity contribution in [1.29, 1.82) is 0 Å². The van der Waals surface area contributed by atoms with Gasteiger partial charge in [-0.2, -0.15) is 0 Å². The van der Waals surface area contributed by atoms with Crippen LogP contribution in [0.2, 0.25) is 0 Å². The third-order valence-corrected chi connectivity index (χ3v) is 2.99. The van der Waals surface area contributed by atoms with Gasteiger partial charge >= 0.3 is 0 Å². The largest absolute Gasteiger partial charge is 0.399 e. The number of nitro benzene ring substituents is 1. The predicted molar refractivity (Wildman–Crippen MR) is 69.0 cm³/mol. The van der Waals surface area contributed by atoms with E-state index in [2.05, 4.69) is 10.1 Å². The van der Waals surface area contributed by atoms with E-state index in [0.29, 0.717) is 0 Å². The molecule has 0 saturated carbocycles. The minimum atomic E-state index is -0.386. The maximum atomic E-state index is 10.6. The van der Waals surface area contributed by atoms with Crippen molar-refractivity contribution in [2.75, 3.05) is 25.1 Å². The molecule has 0 radical (unpaired) electrons. The Morgan fingerprint density at radius 2 is 1.89 bits per heavy atom. The molecular formula is C12H15N3O3. The number of oxime groups is 1. The van der Waals surface area contributed by atoms with Gasteiger partial charge in [0, 0.05) is 43.8 Å². The van der Waals surface area contributed by atoms with Crippen LogP contribution in [0.15, 0.2) is 29.4 Å². The molecule has 0 N–H and O–H groups in total. The molecule has 0 bridgehead atoms. The summed E-state index contributed by atoms with van der Waals surface area (Å²) in [6, 6.07) is 6.65. The SMILES string of the molecule is CON=C1CCN(c2ccc([N+](=O)[O-])cc2)CC1. The highest BCUT2D eigenvalue weighted by Crippen LogP contribution is 2.22. The summed E-state index contributed by atoms with van der Waals surface area (Å²) in [6.07, 6.45) is 1.73. The number of non-ortho nitro benzene ring substituents is 1. The number of rotatable bonds is 3. The fourth-order valence-electron chi connectivity index (χ4n) is 2.03. The van der Waals surface area contributed by atoms with Gasteiger partial charge < -0.3 is 9.74 Å². The molecule has 1 aromatic carbocycles. The van der Waals surface area contributed by atoms with Gasteiger partial charge in [-0.3, -0.25) is 10.1 Å². The molecule has 0 unspecified atom stereocenters. The predicted octanol–water partition coefficient (Wildman–Crippen LogP) is 2.20. The van der Waals surface area contributed by atoms with E-state index >= 15 is 0 Å². The number of hydrogen-bond donors (Lipinski definition) is 0. The number of anilines is 1. The van der Waals surface area contributed by atoms with Gasteiger partial charge in [0.2, 0.25) is 0 Å². The second-order valence-electron chi connectivity index (χ2n) is 4.10. The summed E-state index contributed by atoms with van der Waals surface area (Å²) in [6.45, 7) is 1.72. The van der Waals surface area contributed by atoms with Crippen LogP contribution in [0, 0.1) is 10.1 Å². The summed E-state index contributed by atoms with van der Waals surface area (Å²) in [5.74, 6) is 0. The van der Waals surface area contributed by atoms with Crippen molar-refractivity contribution in [3.05, 3.63) is 34.4 Å². The average Bonchev–Trinajstić information content (AvgIpc) is 2.40. The Hall–Kier alpha value is -2.11. The van der Waals surface area contributed by atoms with E-state index in [1.807, 2.05) is 0 Å². The Bertz CT molecular complexity index is 446. The van der Waals surface area contributed by atoms with Crippen LogP contribution < -0.4 is 4.90 Å². The van der Waals surface area contributed by atoms with E-state index in [9.17, 15) is 10.1 Å². The van der Waals surface area contributed by atoms with Crippen LogP contribution in [0.3, 0.4) is 0 Å². The molecule has 1 aliphatic heterocycles. The Morgan fingerprint density at radius 3 is 2.39 bits per heavy atom. The zero-order valence-electron chi connectivity index (χ0n) is 10.2. The van der Waals surface area contributed by atoms with E-state index < -0.39 is 0 Å². The Balaban J connectivity index is 2.01. The molecule has 6 nitrogen and oxygen atoms in total. The molecule has 0 atom stereocenters. The van der Waals surface area contributed by atoms with Crippen molar-refractivity contribution in [2.24, 2.45) is 5.16 Å². The molecule has 0 spiro atoms. The molecule has 96 valence electrons. The number of nitrogens with zero attached hydrogens (tertiary/aromatic N) is 3. The molecule has 1 fully saturated rings. The maximum Gasteiger partial charge on any atom is 0.269 e. The molecule has 0 amide bonds. The van der Waals surface area contributed by atoms with Gasteiger partial charge in [-0.15, -0.1) is 0 Å². The average molecular weight is 249 g/mol. The van der Waals surface area contributed by atoms with Crippen LogP contribution in [0.1, 0.15) is 12.8 Å². The van der Waals surface area contributed by atoms with Crippen molar-refractivity contribution >= 4 is 17.1 Å². The first-order valence-corrected chi connectivity index (χ1v) is 5.79. The maximum absolute atomic E-state index is 10.6. The van der Waals surface area contributed by atoms with E-state index in [4.69, 9.17) is 4.84 Å². The molecule has 0 aliphatic carbocycles. The quantitative estimate of drug-likeness (QED) is 0.608. The number of piperidine rings is 1. The van der Waals surface area contributed by atoms with Crippen molar-refractivity contribution in [3.8, 4) is 0 Å². The van der Waals surface area contributed by atoms with Crippen LogP contribution in [0.25, 0.3) is 0 Å². The second kappa shape index (κ2) is 5.48. The fraction of sp³-hybridized carbons (Fsp3) is 0.417. The minimum Gasteiger partial charge on any atom is -0.399 e. The normalized spacial score (nSPS) is 15.4. The monoisotopic (exact) mass is 249 g/mol. The number of nitro groups is 1. The van der Waals surface area contributed by atoms with Gasteiger partial charge in [-0.1, -0.05) is 5.16 Å². The highest BCUT2D eigenvalue weighted by molar-refractivity contribution is 5.86. The van der Waals surface area contributed by atoms with E-state index in [-0.39, 0.29) is 10.6 Å². The molecular weight excluding hydrogens is 234 g/mol. The van der Waals surface area contributed by atoms with Crippen LogP contribution >= 0.6 is 0 Å². The lowest BCUT2D eigenvalue weighted by Crippen LogP contribution is -2.33. The lowest BCUT2D eigenvalue weighted by atomic mass is 10.1. The van der Waals surface area contributed by atoms with Crippen LogP contribution in [-0.4, -0.2) is 30.8 Å². The first-order chi connectivity index (χ1) is 8.70. The van der Waals surface area contributed by atoms with Crippen molar-refractivity contribution in [3.63, 3.8) is 0 Å². The molecule has 1 saturated heterocycles. The van der Waals surface area contributed by atoms with Gasteiger partial charge in [0.15, 0.2) is 0 Å². The second-order valence-corrected chi connectivity index (χ2v) is 4.10. The molecule has 6 heteroatoms. The third-order valence-electron chi connectivity index (χ3n) is 2.99. The third kappa shape index (κ3) is 2.77. The van der Waals surface area contributed by atoms with E-state index in [0.717, 1.165) is 37.3 Å². The Kier molecular flexibility index (Phi) is 3.76. The summed E-state index contributed by atoms with van der Waals surface area (Å²) < 4.78 is 0. The van der Waals surface area contributed by atoms with E-state index in [1.54, 1.807) is 19.2 Å². The number of hydrogen-bond acceptors (Lipinski definition) is 5. The highest BCUT2D eigenvalue weighted by atomic mass is 16.6. The molecule has 1 aromatic rings. The summed E-state index contributed by atoms with van der Waals surface area (Å²) in [4.78, 5) is 17.1. The zero-order chi connectivity index (χ0) is 13.0. The summed E-state index contributed by atoms with van der Waals surface area (Å²) in [7, 11) is 1.55. The van der Waals surface area contributed by atoms with E-state index in [1.165, 1.54) is 12.1 Å². The molecule has 1 aliphatic rings. The van der Waals surface area contributed by atoms with Gasteiger partial charge in [-0.05, 0) is 12.1 Å². The molecule has 18 heavy (non-hydrogen) atoms. The van der Waals surface area contributed by atoms with Gasteiger partial charge in [0.25, 0.3) is 5.69 Å².